The summed E-state index contributed by atoms with van der Waals surface area (Å²) in [6.07, 6.45) is 9.46. The van der Waals surface area contributed by atoms with Crippen LogP contribution in [0.4, 0.5) is 5.82 Å². The number of hydrogen-bond acceptors (Lipinski definition) is 5. The number of anilines is 1. The number of aliphatic hydroxyl groups excluding tert-OH is 1. The van der Waals surface area contributed by atoms with Crippen LogP contribution in [0.5, 0.6) is 0 Å². The van der Waals surface area contributed by atoms with E-state index in [1.807, 2.05) is 35.0 Å². The molecule has 1 saturated heterocycles. The number of fused-ring (bicyclic) bond motifs is 1. The molecule has 4 heterocycles. The van der Waals surface area contributed by atoms with Crippen LogP contribution >= 0.6 is 0 Å². The van der Waals surface area contributed by atoms with Crippen LogP contribution in [0.1, 0.15) is 5.69 Å². The van der Waals surface area contributed by atoms with Gasteiger partial charge in [-0.1, -0.05) is 6.07 Å². The number of pyridine rings is 1. The van der Waals surface area contributed by atoms with Gasteiger partial charge in [-0.25, -0.2) is 4.98 Å². The largest absolute Gasteiger partial charge is 0.391 e. The standard InChI is InChI=1S/C16H17N5O/c22-14-11-20(10-12(14)7-13-3-1-2-4-18-13)16-9-17-8-15-19-5-6-21(15)16/h1-6,8-9,12,14,22H,7,10-11H2/t12-,14-/m1/s1. The van der Waals surface area contributed by atoms with Crippen molar-refractivity contribution in [2.45, 2.75) is 12.5 Å². The van der Waals surface area contributed by atoms with Crippen molar-refractivity contribution in [2.75, 3.05) is 18.0 Å². The monoisotopic (exact) mass is 295 g/mol. The van der Waals surface area contributed by atoms with E-state index in [1.54, 1.807) is 18.6 Å². The molecule has 4 rings (SSSR count). The maximum atomic E-state index is 10.4. The van der Waals surface area contributed by atoms with E-state index in [4.69, 9.17) is 0 Å². The van der Waals surface area contributed by atoms with Crippen LogP contribution in [0.15, 0.2) is 49.2 Å². The first kappa shape index (κ1) is 13.2. The third-order valence-electron chi connectivity index (χ3n) is 4.22. The fraction of sp³-hybridized carbons (Fsp3) is 0.312. The van der Waals surface area contributed by atoms with Gasteiger partial charge in [0.25, 0.3) is 0 Å². The Morgan fingerprint density at radius 2 is 2.09 bits per heavy atom. The smallest absolute Gasteiger partial charge is 0.156 e. The topological polar surface area (TPSA) is 66.5 Å². The zero-order chi connectivity index (χ0) is 14.9. The highest BCUT2D eigenvalue weighted by Crippen LogP contribution is 2.26. The number of aromatic nitrogens is 4. The van der Waals surface area contributed by atoms with E-state index >= 15 is 0 Å². The second-order valence-electron chi connectivity index (χ2n) is 5.68. The SMILES string of the molecule is O[C@@H]1CN(c2cncc3nccn23)C[C@H]1Cc1ccccn1. The predicted molar refractivity (Wildman–Crippen MR) is 82.6 cm³/mol. The van der Waals surface area contributed by atoms with Crippen LogP contribution in [0.3, 0.4) is 0 Å². The van der Waals surface area contributed by atoms with Crippen LogP contribution in [0, 0.1) is 5.92 Å². The lowest BCUT2D eigenvalue weighted by Crippen LogP contribution is -2.23. The summed E-state index contributed by atoms with van der Waals surface area (Å²) >= 11 is 0. The second kappa shape index (κ2) is 5.38. The molecule has 0 aromatic carbocycles. The molecule has 0 saturated carbocycles. The fourth-order valence-corrected chi connectivity index (χ4v) is 3.10. The van der Waals surface area contributed by atoms with Crippen molar-refractivity contribution < 1.29 is 5.11 Å². The lowest BCUT2D eigenvalue weighted by molar-refractivity contribution is 0.148. The molecule has 1 N–H and O–H groups in total. The van der Waals surface area contributed by atoms with Gasteiger partial charge in [0.05, 0.1) is 18.5 Å². The normalized spacial score (nSPS) is 21.6. The quantitative estimate of drug-likeness (QED) is 0.785. The van der Waals surface area contributed by atoms with E-state index < -0.39 is 0 Å². The van der Waals surface area contributed by atoms with Crippen LogP contribution in [-0.2, 0) is 6.42 Å². The molecule has 112 valence electrons. The molecule has 0 bridgehead atoms. The van der Waals surface area contributed by atoms with Crippen molar-refractivity contribution >= 4 is 11.5 Å². The number of nitrogens with zero attached hydrogens (tertiary/aromatic N) is 5. The van der Waals surface area contributed by atoms with Crippen LogP contribution in [-0.4, -0.2) is 43.7 Å². The van der Waals surface area contributed by atoms with Gasteiger partial charge in [-0.2, -0.15) is 0 Å². The predicted octanol–water partition coefficient (Wildman–Crippen LogP) is 1.16. The van der Waals surface area contributed by atoms with Crippen molar-refractivity contribution in [1.29, 1.82) is 0 Å². The van der Waals surface area contributed by atoms with E-state index in [0.717, 1.165) is 30.1 Å². The summed E-state index contributed by atoms with van der Waals surface area (Å²) < 4.78 is 2.00. The summed E-state index contributed by atoms with van der Waals surface area (Å²) in [4.78, 5) is 15.0. The minimum Gasteiger partial charge on any atom is -0.391 e. The highest BCUT2D eigenvalue weighted by Gasteiger charge is 2.32. The van der Waals surface area contributed by atoms with Crippen LogP contribution in [0.25, 0.3) is 5.65 Å². The summed E-state index contributed by atoms with van der Waals surface area (Å²) in [6.45, 7) is 1.40. The minimum atomic E-state index is -0.360. The molecule has 6 heteroatoms. The Balaban J connectivity index is 1.57. The first-order valence-corrected chi connectivity index (χ1v) is 7.41. The lowest BCUT2D eigenvalue weighted by atomic mass is 10.00. The number of β-amino-alcohol motifs (C(OH)–C–C–N with tert-alkyl or cyclic N) is 1. The van der Waals surface area contributed by atoms with E-state index in [2.05, 4.69) is 19.9 Å². The van der Waals surface area contributed by atoms with E-state index in [1.165, 1.54) is 0 Å². The average molecular weight is 295 g/mol. The molecule has 1 fully saturated rings. The number of aliphatic hydroxyl groups is 1. The average Bonchev–Trinajstić information content (AvgIpc) is 3.15. The molecule has 3 aromatic heterocycles. The van der Waals surface area contributed by atoms with Crippen molar-refractivity contribution in [3.05, 3.63) is 54.9 Å². The summed E-state index contributed by atoms with van der Waals surface area (Å²) in [5.41, 5.74) is 1.84. The Kier molecular flexibility index (Phi) is 3.23. The molecule has 1 aliphatic heterocycles. The molecular formula is C16H17N5O. The van der Waals surface area contributed by atoms with Gasteiger partial charge in [-0.15, -0.1) is 0 Å². The summed E-state index contributed by atoms with van der Waals surface area (Å²) in [5, 5.41) is 10.4. The second-order valence-corrected chi connectivity index (χ2v) is 5.68. The van der Waals surface area contributed by atoms with Crippen molar-refractivity contribution in [3.63, 3.8) is 0 Å². The van der Waals surface area contributed by atoms with Crippen LogP contribution in [0.2, 0.25) is 0 Å². The molecule has 0 amide bonds. The first-order chi connectivity index (χ1) is 10.8. The Morgan fingerprint density at radius 3 is 2.95 bits per heavy atom. The lowest BCUT2D eigenvalue weighted by Gasteiger charge is -2.19. The van der Waals surface area contributed by atoms with Gasteiger partial charge in [0, 0.05) is 43.3 Å². The van der Waals surface area contributed by atoms with Gasteiger partial charge in [0.2, 0.25) is 0 Å². The number of hydrogen-bond donors (Lipinski definition) is 1. The Bertz CT molecular complexity index is 772. The molecule has 0 radical (unpaired) electrons. The molecule has 1 aliphatic rings. The summed E-state index contributed by atoms with van der Waals surface area (Å²) in [7, 11) is 0. The molecule has 0 aliphatic carbocycles. The molecule has 2 atom stereocenters. The van der Waals surface area contributed by atoms with E-state index in [-0.39, 0.29) is 12.0 Å². The Labute approximate surface area is 128 Å². The van der Waals surface area contributed by atoms with E-state index in [0.29, 0.717) is 6.54 Å². The Morgan fingerprint density at radius 1 is 1.14 bits per heavy atom. The van der Waals surface area contributed by atoms with E-state index in [9.17, 15) is 5.11 Å². The van der Waals surface area contributed by atoms with Gasteiger partial charge in [-0.05, 0) is 18.6 Å². The van der Waals surface area contributed by atoms with Gasteiger partial charge >= 0.3 is 0 Å². The Hall–Kier alpha value is -2.47. The highest BCUT2D eigenvalue weighted by atomic mass is 16.3. The third kappa shape index (κ3) is 2.31. The van der Waals surface area contributed by atoms with Crippen molar-refractivity contribution in [1.82, 2.24) is 19.4 Å². The van der Waals surface area contributed by atoms with Crippen LogP contribution < -0.4 is 4.90 Å². The molecule has 22 heavy (non-hydrogen) atoms. The number of imidazole rings is 1. The molecular weight excluding hydrogens is 278 g/mol. The van der Waals surface area contributed by atoms with Gasteiger partial charge in [-0.3, -0.25) is 14.4 Å². The molecule has 6 nitrogen and oxygen atoms in total. The number of rotatable bonds is 3. The zero-order valence-corrected chi connectivity index (χ0v) is 12.1. The van der Waals surface area contributed by atoms with Gasteiger partial charge in [0.15, 0.2) is 5.65 Å². The van der Waals surface area contributed by atoms with Crippen molar-refractivity contribution in [3.8, 4) is 0 Å². The summed E-state index contributed by atoms with van der Waals surface area (Å²) in [6, 6.07) is 5.90. The zero-order valence-electron chi connectivity index (χ0n) is 12.1. The molecule has 0 unspecified atom stereocenters. The van der Waals surface area contributed by atoms with Gasteiger partial charge < -0.3 is 10.0 Å². The summed E-state index contributed by atoms with van der Waals surface area (Å²) in [5.74, 6) is 1.14. The molecule has 0 spiro atoms. The first-order valence-electron chi connectivity index (χ1n) is 7.41. The van der Waals surface area contributed by atoms with Gasteiger partial charge in [0.1, 0.15) is 5.82 Å². The fourth-order valence-electron chi connectivity index (χ4n) is 3.10. The maximum absolute atomic E-state index is 10.4. The maximum Gasteiger partial charge on any atom is 0.156 e. The molecule has 3 aromatic rings. The minimum absolute atomic E-state index is 0.175. The highest BCUT2D eigenvalue weighted by molar-refractivity contribution is 5.49. The third-order valence-corrected chi connectivity index (χ3v) is 4.22. The van der Waals surface area contributed by atoms with Crippen molar-refractivity contribution in [2.24, 2.45) is 5.92 Å².